The number of hydrogen-bond donors (Lipinski definition) is 1. The van der Waals surface area contributed by atoms with Crippen LogP contribution in [0, 0.1) is 5.92 Å². The quantitative estimate of drug-likeness (QED) is 0.783. The molecule has 0 aromatic rings. The van der Waals surface area contributed by atoms with Crippen LogP contribution in [0.25, 0.3) is 0 Å². The number of likely N-dealkylation sites (tertiary alicyclic amines) is 1. The van der Waals surface area contributed by atoms with Gasteiger partial charge in [-0.1, -0.05) is 0 Å². The van der Waals surface area contributed by atoms with E-state index in [1.807, 2.05) is 6.92 Å². The lowest BCUT2D eigenvalue weighted by molar-refractivity contribution is -0.146. The van der Waals surface area contributed by atoms with E-state index in [1.54, 1.807) is 4.90 Å². The molecule has 1 unspecified atom stereocenters. The number of amides is 1. The first-order chi connectivity index (χ1) is 9.06. The van der Waals surface area contributed by atoms with Crippen LogP contribution in [0.1, 0.15) is 19.8 Å². The topological polar surface area (TPSA) is 70.1 Å². The molecule has 2 heterocycles. The molecule has 19 heavy (non-hydrogen) atoms. The van der Waals surface area contributed by atoms with Crippen molar-refractivity contribution >= 4 is 11.9 Å². The van der Waals surface area contributed by atoms with Crippen molar-refractivity contribution < 1.29 is 19.4 Å². The van der Waals surface area contributed by atoms with E-state index in [9.17, 15) is 9.59 Å². The van der Waals surface area contributed by atoms with Gasteiger partial charge in [0.1, 0.15) is 0 Å². The molecule has 0 aromatic carbocycles. The standard InChI is InChI=1S/C13H22N2O4/c1-10-8-14(6-7-19-10)9-12(16)15-4-2-11(3-5-15)13(17)18/h10-11H,2-9H2,1H3,(H,17,18). The minimum absolute atomic E-state index is 0.109. The summed E-state index contributed by atoms with van der Waals surface area (Å²) in [4.78, 5) is 26.9. The highest BCUT2D eigenvalue weighted by molar-refractivity contribution is 5.79. The lowest BCUT2D eigenvalue weighted by Crippen LogP contribution is -2.49. The van der Waals surface area contributed by atoms with Gasteiger partial charge in [-0.25, -0.2) is 0 Å². The van der Waals surface area contributed by atoms with Crippen molar-refractivity contribution in [2.24, 2.45) is 5.92 Å². The molecule has 0 saturated carbocycles. The molecule has 1 N–H and O–H groups in total. The number of rotatable bonds is 3. The Morgan fingerprint density at radius 3 is 2.53 bits per heavy atom. The summed E-state index contributed by atoms with van der Waals surface area (Å²) in [5.74, 6) is -0.917. The molecule has 2 fully saturated rings. The maximum atomic E-state index is 12.1. The second kappa shape index (κ2) is 6.34. The molecule has 1 atom stereocenters. The second-order valence-electron chi connectivity index (χ2n) is 5.41. The largest absolute Gasteiger partial charge is 0.481 e. The molecular weight excluding hydrogens is 248 g/mol. The summed E-state index contributed by atoms with van der Waals surface area (Å²) in [6.45, 7) is 5.82. The van der Waals surface area contributed by atoms with Crippen LogP contribution >= 0.6 is 0 Å². The molecule has 1 amide bonds. The monoisotopic (exact) mass is 270 g/mol. The molecular formula is C13H22N2O4. The molecule has 6 heteroatoms. The molecule has 108 valence electrons. The minimum atomic E-state index is -0.742. The predicted octanol–water partition coefficient (Wildman–Crippen LogP) is 0.0303. The van der Waals surface area contributed by atoms with Gasteiger partial charge in [0.15, 0.2) is 0 Å². The van der Waals surface area contributed by atoms with Gasteiger partial charge < -0.3 is 14.7 Å². The van der Waals surface area contributed by atoms with Gasteiger partial charge in [0.05, 0.1) is 25.2 Å². The van der Waals surface area contributed by atoms with Gasteiger partial charge in [-0.15, -0.1) is 0 Å². The third-order valence-electron chi connectivity index (χ3n) is 3.88. The zero-order valence-corrected chi connectivity index (χ0v) is 11.4. The number of piperidine rings is 1. The van der Waals surface area contributed by atoms with E-state index in [0.717, 1.165) is 13.1 Å². The number of carboxylic acids is 1. The van der Waals surface area contributed by atoms with Crippen molar-refractivity contribution in [3.63, 3.8) is 0 Å². The van der Waals surface area contributed by atoms with Crippen LogP contribution in [0.4, 0.5) is 0 Å². The van der Waals surface area contributed by atoms with E-state index >= 15 is 0 Å². The fourth-order valence-corrected chi connectivity index (χ4v) is 2.70. The molecule has 2 aliphatic heterocycles. The Hall–Kier alpha value is -1.14. The summed E-state index contributed by atoms with van der Waals surface area (Å²) < 4.78 is 5.44. The van der Waals surface area contributed by atoms with Crippen molar-refractivity contribution in [2.45, 2.75) is 25.9 Å². The van der Waals surface area contributed by atoms with E-state index in [2.05, 4.69) is 4.90 Å². The molecule has 2 saturated heterocycles. The van der Waals surface area contributed by atoms with Crippen molar-refractivity contribution in [2.75, 3.05) is 39.3 Å². The van der Waals surface area contributed by atoms with E-state index < -0.39 is 5.97 Å². The zero-order chi connectivity index (χ0) is 13.8. The highest BCUT2D eigenvalue weighted by Gasteiger charge is 2.28. The van der Waals surface area contributed by atoms with E-state index in [-0.39, 0.29) is 17.9 Å². The van der Waals surface area contributed by atoms with Crippen LogP contribution in [0.3, 0.4) is 0 Å². The molecule has 0 bridgehead atoms. The summed E-state index contributed by atoms with van der Waals surface area (Å²) in [6.07, 6.45) is 1.32. The van der Waals surface area contributed by atoms with Crippen molar-refractivity contribution in [1.29, 1.82) is 0 Å². The summed E-state index contributed by atoms with van der Waals surface area (Å²) in [6, 6.07) is 0. The molecule has 0 spiro atoms. The molecule has 0 radical (unpaired) electrons. The number of aliphatic carboxylic acids is 1. The van der Waals surface area contributed by atoms with E-state index in [1.165, 1.54) is 0 Å². The van der Waals surface area contributed by atoms with Gasteiger partial charge in [-0.3, -0.25) is 14.5 Å². The maximum absolute atomic E-state index is 12.1. The normalized spacial score (nSPS) is 26.4. The minimum Gasteiger partial charge on any atom is -0.481 e. The first kappa shape index (κ1) is 14.3. The van der Waals surface area contributed by atoms with Crippen LogP contribution in [-0.2, 0) is 14.3 Å². The number of morpholine rings is 1. The van der Waals surface area contributed by atoms with Crippen molar-refractivity contribution in [1.82, 2.24) is 9.80 Å². The summed E-state index contributed by atoms with van der Waals surface area (Å²) >= 11 is 0. The van der Waals surface area contributed by atoms with Crippen LogP contribution in [0.2, 0.25) is 0 Å². The number of hydrogen-bond acceptors (Lipinski definition) is 4. The van der Waals surface area contributed by atoms with Crippen LogP contribution in [0.15, 0.2) is 0 Å². The molecule has 2 rings (SSSR count). The lowest BCUT2D eigenvalue weighted by atomic mass is 9.97. The number of ether oxygens (including phenoxy) is 1. The van der Waals surface area contributed by atoms with E-state index in [4.69, 9.17) is 9.84 Å². The van der Waals surface area contributed by atoms with Gasteiger partial charge in [0.25, 0.3) is 0 Å². The SMILES string of the molecule is CC1CN(CC(=O)N2CCC(C(=O)O)CC2)CCO1. The van der Waals surface area contributed by atoms with Crippen LogP contribution in [-0.4, -0.2) is 72.2 Å². The Labute approximate surface area is 113 Å². The highest BCUT2D eigenvalue weighted by Crippen LogP contribution is 2.17. The Morgan fingerprint density at radius 2 is 1.95 bits per heavy atom. The molecule has 2 aliphatic rings. The fourth-order valence-electron chi connectivity index (χ4n) is 2.70. The van der Waals surface area contributed by atoms with Gasteiger partial charge in [0, 0.05) is 26.2 Å². The molecule has 0 aromatic heterocycles. The smallest absolute Gasteiger partial charge is 0.306 e. The summed E-state index contributed by atoms with van der Waals surface area (Å²) in [5.41, 5.74) is 0. The van der Waals surface area contributed by atoms with Crippen LogP contribution in [0.5, 0.6) is 0 Å². The van der Waals surface area contributed by atoms with Gasteiger partial charge in [-0.05, 0) is 19.8 Å². The maximum Gasteiger partial charge on any atom is 0.306 e. The Bertz CT molecular complexity index is 340. The first-order valence-electron chi connectivity index (χ1n) is 6.91. The fraction of sp³-hybridized carbons (Fsp3) is 0.846. The summed E-state index contributed by atoms with van der Waals surface area (Å²) in [7, 11) is 0. The van der Waals surface area contributed by atoms with Gasteiger partial charge >= 0.3 is 5.97 Å². The van der Waals surface area contributed by atoms with Crippen molar-refractivity contribution in [3.05, 3.63) is 0 Å². The zero-order valence-electron chi connectivity index (χ0n) is 11.4. The third-order valence-corrected chi connectivity index (χ3v) is 3.88. The number of carbonyl (C=O) groups is 2. The molecule has 0 aliphatic carbocycles. The summed E-state index contributed by atoms with van der Waals surface area (Å²) in [5, 5.41) is 8.93. The molecule has 6 nitrogen and oxygen atoms in total. The second-order valence-corrected chi connectivity index (χ2v) is 5.41. The van der Waals surface area contributed by atoms with Crippen LogP contribution < -0.4 is 0 Å². The Morgan fingerprint density at radius 1 is 1.26 bits per heavy atom. The number of carboxylic acid groups (broad SMARTS) is 1. The van der Waals surface area contributed by atoms with E-state index in [0.29, 0.717) is 39.1 Å². The van der Waals surface area contributed by atoms with Gasteiger partial charge in [-0.2, -0.15) is 0 Å². The Balaban J connectivity index is 1.76. The highest BCUT2D eigenvalue weighted by atomic mass is 16.5. The third kappa shape index (κ3) is 3.91. The average molecular weight is 270 g/mol. The predicted molar refractivity (Wildman–Crippen MR) is 68.8 cm³/mol. The first-order valence-corrected chi connectivity index (χ1v) is 6.91. The number of nitrogens with zero attached hydrogens (tertiary/aromatic N) is 2. The van der Waals surface area contributed by atoms with Gasteiger partial charge in [0.2, 0.25) is 5.91 Å². The Kier molecular flexibility index (Phi) is 4.76. The number of carbonyl (C=O) groups excluding carboxylic acids is 1. The lowest BCUT2D eigenvalue weighted by Gasteiger charge is -2.34. The van der Waals surface area contributed by atoms with Crippen molar-refractivity contribution in [3.8, 4) is 0 Å². The average Bonchev–Trinajstić information content (AvgIpc) is 2.39.